The van der Waals surface area contributed by atoms with E-state index < -0.39 is 0 Å². The van der Waals surface area contributed by atoms with Gasteiger partial charge in [0.15, 0.2) is 0 Å². The Morgan fingerprint density at radius 2 is 1.93 bits per heavy atom. The van der Waals surface area contributed by atoms with Crippen LogP contribution in [0.2, 0.25) is 0 Å². The first-order valence-corrected chi connectivity index (χ1v) is 9.76. The highest BCUT2D eigenvalue weighted by Crippen LogP contribution is 2.22. The Morgan fingerprint density at radius 1 is 1.19 bits per heavy atom. The molecule has 144 valence electrons. The summed E-state index contributed by atoms with van der Waals surface area (Å²) in [6, 6.07) is 13.0. The molecule has 0 unspecified atom stereocenters. The van der Waals surface area contributed by atoms with Crippen molar-refractivity contribution in [3.63, 3.8) is 0 Å². The number of benzene rings is 2. The fraction of sp³-hybridized carbons (Fsp3) is 0.435. The molecule has 1 N–H and O–H groups in total. The SMILES string of the molecule is Cc1ccc([C@@H](C)NC(=O)[C@@H]2CCCN(Cc3ccc(F)cc3)C2)cc1C. The number of hydrogen-bond donors (Lipinski definition) is 1. The van der Waals surface area contributed by atoms with Crippen LogP contribution in [0.4, 0.5) is 4.39 Å². The third-order valence-corrected chi connectivity index (χ3v) is 5.59. The maximum absolute atomic E-state index is 13.1. The van der Waals surface area contributed by atoms with Gasteiger partial charge < -0.3 is 5.32 Å². The first kappa shape index (κ1) is 19.6. The molecule has 1 saturated heterocycles. The van der Waals surface area contributed by atoms with Gasteiger partial charge in [-0.2, -0.15) is 0 Å². The van der Waals surface area contributed by atoms with Gasteiger partial charge in [-0.05, 0) is 74.5 Å². The number of nitrogens with zero attached hydrogens (tertiary/aromatic N) is 1. The van der Waals surface area contributed by atoms with E-state index in [0.29, 0.717) is 0 Å². The lowest BCUT2D eigenvalue weighted by Crippen LogP contribution is -2.43. The van der Waals surface area contributed by atoms with Crippen LogP contribution in [0, 0.1) is 25.6 Å². The van der Waals surface area contributed by atoms with Gasteiger partial charge >= 0.3 is 0 Å². The topological polar surface area (TPSA) is 32.3 Å². The van der Waals surface area contributed by atoms with Crippen LogP contribution in [0.3, 0.4) is 0 Å². The molecule has 0 saturated carbocycles. The van der Waals surface area contributed by atoms with E-state index in [0.717, 1.165) is 43.6 Å². The van der Waals surface area contributed by atoms with Crippen molar-refractivity contribution in [1.29, 1.82) is 0 Å². The largest absolute Gasteiger partial charge is 0.349 e. The number of rotatable bonds is 5. The van der Waals surface area contributed by atoms with Crippen LogP contribution in [-0.4, -0.2) is 23.9 Å². The molecule has 0 spiro atoms. The van der Waals surface area contributed by atoms with Crippen molar-refractivity contribution in [3.05, 3.63) is 70.5 Å². The second-order valence-corrected chi connectivity index (χ2v) is 7.77. The van der Waals surface area contributed by atoms with Crippen LogP contribution in [0.25, 0.3) is 0 Å². The molecule has 1 amide bonds. The molecular formula is C23H29FN2O. The number of piperidine rings is 1. The number of amides is 1. The first-order valence-electron chi connectivity index (χ1n) is 9.76. The summed E-state index contributed by atoms with van der Waals surface area (Å²) < 4.78 is 13.1. The van der Waals surface area contributed by atoms with Gasteiger partial charge in [0.1, 0.15) is 5.82 Å². The van der Waals surface area contributed by atoms with Crippen LogP contribution in [0.1, 0.15) is 48.1 Å². The fourth-order valence-corrected chi connectivity index (χ4v) is 3.71. The molecule has 1 fully saturated rings. The van der Waals surface area contributed by atoms with Crippen molar-refractivity contribution in [3.8, 4) is 0 Å². The molecule has 3 rings (SSSR count). The molecule has 0 bridgehead atoms. The highest BCUT2D eigenvalue weighted by atomic mass is 19.1. The van der Waals surface area contributed by atoms with E-state index in [2.05, 4.69) is 42.3 Å². The summed E-state index contributed by atoms with van der Waals surface area (Å²) in [4.78, 5) is 15.1. The van der Waals surface area contributed by atoms with Gasteiger partial charge in [0.2, 0.25) is 5.91 Å². The minimum Gasteiger partial charge on any atom is -0.349 e. The molecule has 0 aliphatic carbocycles. The van der Waals surface area contributed by atoms with Crippen LogP contribution in [0.15, 0.2) is 42.5 Å². The Bertz CT molecular complexity index is 787. The van der Waals surface area contributed by atoms with Gasteiger partial charge in [-0.3, -0.25) is 9.69 Å². The zero-order valence-electron chi connectivity index (χ0n) is 16.5. The fourth-order valence-electron chi connectivity index (χ4n) is 3.71. The summed E-state index contributed by atoms with van der Waals surface area (Å²) in [5, 5.41) is 3.19. The van der Waals surface area contributed by atoms with Gasteiger partial charge in [-0.25, -0.2) is 4.39 Å². The van der Waals surface area contributed by atoms with Crippen molar-refractivity contribution < 1.29 is 9.18 Å². The summed E-state index contributed by atoms with van der Waals surface area (Å²) in [6.07, 6.45) is 1.93. The van der Waals surface area contributed by atoms with Gasteiger partial charge in [-0.15, -0.1) is 0 Å². The van der Waals surface area contributed by atoms with Crippen LogP contribution < -0.4 is 5.32 Å². The quantitative estimate of drug-likeness (QED) is 0.841. The van der Waals surface area contributed by atoms with Crippen molar-refractivity contribution >= 4 is 5.91 Å². The van der Waals surface area contributed by atoms with E-state index in [1.54, 1.807) is 0 Å². The van der Waals surface area contributed by atoms with E-state index in [9.17, 15) is 9.18 Å². The van der Waals surface area contributed by atoms with Crippen molar-refractivity contribution in [2.75, 3.05) is 13.1 Å². The number of aryl methyl sites for hydroxylation is 2. The second kappa shape index (κ2) is 8.66. The summed E-state index contributed by atoms with van der Waals surface area (Å²) in [6.45, 7) is 8.73. The zero-order chi connectivity index (χ0) is 19.4. The lowest BCUT2D eigenvalue weighted by molar-refractivity contribution is -0.127. The number of halogens is 1. The van der Waals surface area contributed by atoms with E-state index >= 15 is 0 Å². The van der Waals surface area contributed by atoms with E-state index in [-0.39, 0.29) is 23.7 Å². The highest BCUT2D eigenvalue weighted by molar-refractivity contribution is 5.79. The molecule has 1 aliphatic rings. The van der Waals surface area contributed by atoms with Gasteiger partial charge in [-0.1, -0.05) is 30.3 Å². The number of likely N-dealkylation sites (tertiary alicyclic amines) is 1. The van der Waals surface area contributed by atoms with E-state index in [4.69, 9.17) is 0 Å². The van der Waals surface area contributed by atoms with E-state index in [1.807, 2.05) is 19.1 Å². The van der Waals surface area contributed by atoms with Crippen molar-refractivity contribution in [2.24, 2.45) is 5.92 Å². The lowest BCUT2D eigenvalue weighted by Gasteiger charge is -2.32. The number of hydrogen-bond acceptors (Lipinski definition) is 2. The summed E-state index contributed by atoms with van der Waals surface area (Å²) in [5.74, 6) is -0.0762. The molecule has 2 aromatic carbocycles. The number of carbonyl (C=O) groups excluding carboxylic acids is 1. The zero-order valence-corrected chi connectivity index (χ0v) is 16.5. The van der Waals surface area contributed by atoms with Crippen LogP contribution in [-0.2, 0) is 11.3 Å². The highest BCUT2D eigenvalue weighted by Gasteiger charge is 2.26. The molecule has 1 aliphatic heterocycles. The molecule has 0 radical (unpaired) electrons. The maximum atomic E-state index is 13.1. The number of carbonyl (C=O) groups is 1. The third kappa shape index (κ3) is 5.16. The Labute approximate surface area is 161 Å². The molecule has 3 nitrogen and oxygen atoms in total. The Morgan fingerprint density at radius 3 is 2.63 bits per heavy atom. The molecular weight excluding hydrogens is 339 g/mol. The third-order valence-electron chi connectivity index (χ3n) is 5.59. The minimum atomic E-state index is -0.213. The Kier molecular flexibility index (Phi) is 6.27. The van der Waals surface area contributed by atoms with Crippen LogP contribution >= 0.6 is 0 Å². The maximum Gasteiger partial charge on any atom is 0.224 e. The summed E-state index contributed by atoms with van der Waals surface area (Å²) >= 11 is 0. The minimum absolute atomic E-state index is 0.00396. The summed E-state index contributed by atoms with van der Waals surface area (Å²) in [5.41, 5.74) is 4.74. The van der Waals surface area contributed by atoms with Gasteiger partial charge in [0.25, 0.3) is 0 Å². The van der Waals surface area contributed by atoms with E-state index in [1.165, 1.54) is 23.3 Å². The smallest absolute Gasteiger partial charge is 0.224 e. The molecule has 4 heteroatoms. The van der Waals surface area contributed by atoms with Crippen LogP contribution in [0.5, 0.6) is 0 Å². The molecule has 27 heavy (non-hydrogen) atoms. The Balaban J connectivity index is 1.57. The average Bonchev–Trinajstić information content (AvgIpc) is 2.66. The first-order chi connectivity index (χ1) is 12.9. The van der Waals surface area contributed by atoms with Gasteiger partial charge in [0, 0.05) is 13.1 Å². The monoisotopic (exact) mass is 368 g/mol. The number of nitrogens with one attached hydrogen (secondary N) is 1. The Hall–Kier alpha value is -2.20. The lowest BCUT2D eigenvalue weighted by atomic mass is 9.95. The molecule has 1 heterocycles. The van der Waals surface area contributed by atoms with Gasteiger partial charge in [0.05, 0.1) is 12.0 Å². The average molecular weight is 368 g/mol. The van der Waals surface area contributed by atoms with Crippen molar-refractivity contribution in [2.45, 2.75) is 46.2 Å². The van der Waals surface area contributed by atoms with Crippen molar-refractivity contribution in [1.82, 2.24) is 10.2 Å². The predicted octanol–water partition coefficient (Wildman–Crippen LogP) is 4.53. The summed E-state index contributed by atoms with van der Waals surface area (Å²) in [7, 11) is 0. The normalized spacial score (nSPS) is 18.9. The second-order valence-electron chi connectivity index (χ2n) is 7.77. The molecule has 2 aromatic rings. The predicted molar refractivity (Wildman–Crippen MR) is 107 cm³/mol. The molecule has 0 aromatic heterocycles. The molecule has 2 atom stereocenters. The standard InChI is InChI=1S/C23H29FN2O/c1-16-6-9-20(13-17(16)2)18(3)25-23(27)21-5-4-12-26(15-21)14-19-7-10-22(24)11-8-19/h6-11,13,18,21H,4-5,12,14-15H2,1-3H3,(H,25,27)/t18-,21-/m1/s1.